The number of thioether (sulfide) groups is 2. The van der Waals surface area contributed by atoms with E-state index in [4.69, 9.17) is 11.5 Å². The predicted molar refractivity (Wildman–Crippen MR) is 75.0 cm³/mol. The highest BCUT2D eigenvalue weighted by molar-refractivity contribution is 8.06. The number of amides is 2. The first kappa shape index (κ1) is 15.1. The molecule has 0 aromatic rings. The van der Waals surface area contributed by atoms with Crippen molar-refractivity contribution in [2.75, 3.05) is 23.8 Å². The fourth-order valence-corrected chi connectivity index (χ4v) is 4.00. The molecule has 1 saturated heterocycles. The van der Waals surface area contributed by atoms with E-state index in [1.165, 1.54) is 0 Å². The van der Waals surface area contributed by atoms with Gasteiger partial charge in [0.15, 0.2) is 0 Å². The first-order chi connectivity index (χ1) is 8.63. The summed E-state index contributed by atoms with van der Waals surface area (Å²) in [5.41, 5.74) is 0. The van der Waals surface area contributed by atoms with Gasteiger partial charge in [0.25, 0.3) is 0 Å². The van der Waals surface area contributed by atoms with E-state index in [0.29, 0.717) is 11.8 Å². The number of carboxylic acids is 1. The molecule has 2 unspecified atom stereocenters. The standard InChI is InChI=1S/C11H16N2O3S2/c1-2-3-9(10(14)15)13-11(16)12-6-8-7-17-4-5-18-8/h1,8-9H,3-7H2,(H,14,15)(H2,12,13,16). The lowest BCUT2D eigenvalue weighted by molar-refractivity contribution is -0.139. The van der Waals surface area contributed by atoms with E-state index in [1.807, 2.05) is 23.5 Å². The minimum absolute atomic E-state index is 0.0171. The monoisotopic (exact) mass is 288 g/mol. The molecule has 0 radical (unpaired) electrons. The Balaban J connectivity index is 2.27. The first-order valence-corrected chi connectivity index (χ1v) is 7.73. The molecule has 100 valence electrons. The molecule has 0 spiro atoms. The van der Waals surface area contributed by atoms with Crippen LogP contribution in [0.4, 0.5) is 4.79 Å². The van der Waals surface area contributed by atoms with Gasteiger partial charge in [-0.2, -0.15) is 23.5 Å². The number of hydrogen-bond donors (Lipinski definition) is 3. The molecule has 0 saturated carbocycles. The SMILES string of the molecule is C#CCC(NC(=O)NCC1CSCCS1)C(=O)O. The first-order valence-electron chi connectivity index (χ1n) is 5.53. The largest absolute Gasteiger partial charge is 0.480 e. The van der Waals surface area contributed by atoms with Gasteiger partial charge < -0.3 is 15.7 Å². The Morgan fingerprint density at radius 3 is 2.83 bits per heavy atom. The Morgan fingerprint density at radius 2 is 2.28 bits per heavy atom. The topological polar surface area (TPSA) is 78.4 Å². The van der Waals surface area contributed by atoms with Gasteiger partial charge in [0.2, 0.25) is 0 Å². The number of carboxylic acid groups (broad SMARTS) is 1. The van der Waals surface area contributed by atoms with Crippen molar-refractivity contribution in [2.24, 2.45) is 0 Å². The fourth-order valence-electron chi connectivity index (χ4n) is 1.39. The molecule has 1 rings (SSSR count). The maximum atomic E-state index is 11.5. The van der Waals surface area contributed by atoms with Gasteiger partial charge >= 0.3 is 12.0 Å². The van der Waals surface area contributed by atoms with Gasteiger partial charge in [-0.3, -0.25) is 0 Å². The maximum absolute atomic E-state index is 11.5. The highest BCUT2D eigenvalue weighted by Crippen LogP contribution is 2.23. The van der Waals surface area contributed by atoms with Crippen LogP contribution >= 0.6 is 23.5 Å². The number of carbonyl (C=O) groups is 2. The third-order valence-electron chi connectivity index (χ3n) is 2.30. The summed E-state index contributed by atoms with van der Waals surface area (Å²) in [5, 5.41) is 14.2. The highest BCUT2D eigenvalue weighted by Gasteiger charge is 2.20. The Bertz CT molecular complexity index is 338. The van der Waals surface area contributed by atoms with Crippen LogP contribution in [0, 0.1) is 12.3 Å². The molecule has 0 bridgehead atoms. The predicted octanol–water partition coefficient (Wildman–Crippen LogP) is 0.611. The van der Waals surface area contributed by atoms with Gasteiger partial charge in [-0.15, -0.1) is 12.3 Å². The van der Waals surface area contributed by atoms with Crippen molar-refractivity contribution < 1.29 is 14.7 Å². The van der Waals surface area contributed by atoms with Gasteiger partial charge in [-0.1, -0.05) is 0 Å². The molecule has 2 amide bonds. The van der Waals surface area contributed by atoms with Gasteiger partial charge in [0, 0.05) is 35.5 Å². The van der Waals surface area contributed by atoms with Crippen LogP contribution in [0.25, 0.3) is 0 Å². The minimum atomic E-state index is -1.12. The molecular weight excluding hydrogens is 272 g/mol. The molecule has 1 aliphatic heterocycles. The van der Waals surface area contributed by atoms with E-state index in [1.54, 1.807) is 0 Å². The molecule has 2 atom stereocenters. The molecule has 7 heteroatoms. The van der Waals surface area contributed by atoms with Crippen LogP contribution in [0.15, 0.2) is 0 Å². The van der Waals surface area contributed by atoms with E-state index >= 15 is 0 Å². The summed E-state index contributed by atoms with van der Waals surface area (Å²) < 4.78 is 0. The Morgan fingerprint density at radius 1 is 1.50 bits per heavy atom. The lowest BCUT2D eigenvalue weighted by Gasteiger charge is -2.21. The van der Waals surface area contributed by atoms with Crippen molar-refractivity contribution in [3.8, 4) is 12.3 Å². The maximum Gasteiger partial charge on any atom is 0.327 e. The van der Waals surface area contributed by atoms with Crippen molar-refractivity contribution >= 4 is 35.5 Å². The number of rotatable bonds is 5. The lowest BCUT2D eigenvalue weighted by Crippen LogP contribution is -2.47. The lowest BCUT2D eigenvalue weighted by atomic mass is 10.2. The number of aliphatic carboxylic acids is 1. The highest BCUT2D eigenvalue weighted by atomic mass is 32.2. The van der Waals surface area contributed by atoms with Crippen LogP contribution in [0.5, 0.6) is 0 Å². The molecule has 3 N–H and O–H groups in total. The van der Waals surface area contributed by atoms with Crippen molar-refractivity contribution in [3.63, 3.8) is 0 Å². The molecule has 1 heterocycles. The van der Waals surface area contributed by atoms with E-state index < -0.39 is 18.0 Å². The molecule has 5 nitrogen and oxygen atoms in total. The Labute approximate surface area is 115 Å². The summed E-state index contributed by atoms with van der Waals surface area (Å²) in [7, 11) is 0. The van der Waals surface area contributed by atoms with Crippen LogP contribution in [-0.2, 0) is 4.79 Å². The molecule has 0 aliphatic carbocycles. The van der Waals surface area contributed by atoms with Gasteiger partial charge in [0.1, 0.15) is 6.04 Å². The normalized spacial score (nSPS) is 20.5. The number of terminal acetylenes is 1. The minimum Gasteiger partial charge on any atom is -0.480 e. The Hall–Kier alpha value is -1.00. The summed E-state index contributed by atoms with van der Waals surface area (Å²) in [5.74, 6) is 4.36. The van der Waals surface area contributed by atoms with Crippen molar-refractivity contribution in [2.45, 2.75) is 17.7 Å². The Kier molecular flexibility index (Phi) is 6.83. The van der Waals surface area contributed by atoms with Crippen molar-refractivity contribution in [1.82, 2.24) is 10.6 Å². The second-order valence-electron chi connectivity index (χ2n) is 3.72. The molecule has 0 aromatic carbocycles. The third-order valence-corrected chi connectivity index (χ3v) is 5.15. The molecule has 1 fully saturated rings. The van der Waals surface area contributed by atoms with Crippen LogP contribution in [0.2, 0.25) is 0 Å². The number of nitrogens with one attached hydrogen (secondary N) is 2. The average molecular weight is 288 g/mol. The van der Waals surface area contributed by atoms with Gasteiger partial charge in [-0.05, 0) is 0 Å². The third kappa shape index (κ3) is 5.56. The summed E-state index contributed by atoms with van der Waals surface area (Å²) in [6.45, 7) is 0.548. The fraction of sp³-hybridized carbons (Fsp3) is 0.636. The van der Waals surface area contributed by atoms with Crippen molar-refractivity contribution in [1.29, 1.82) is 0 Å². The van der Waals surface area contributed by atoms with Gasteiger partial charge in [-0.25, -0.2) is 9.59 Å². The zero-order chi connectivity index (χ0) is 13.4. The van der Waals surface area contributed by atoms with Crippen molar-refractivity contribution in [3.05, 3.63) is 0 Å². The number of hydrogen-bond acceptors (Lipinski definition) is 4. The zero-order valence-corrected chi connectivity index (χ0v) is 11.5. The summed E-state index contributed by atoms with van der Waals surface area (Å²) in [6, 6.07) is -1.50. The summed E-state index contributed by atoms with van der Waals surface area (Å²) in [4.78, 5) is 22.3. The van der Waals surface area contributed by atoms with Crippen LogP contribution in [0.1, 0.15) is 6.42 Å². The number of carbonyl (C=O) groups excluding carboxylic acids is 1. The second-order valence-corrected chi connectivity index (χ2v) is 6.28. The van der Waals surface area contributed by atoms with Gasteiger partial charge in [0.05, 0.1) is 0 Å². The average Bonchev–Trinajstić information content (AvgIpc) is 2.37. The van der Waals surface area contributed by atoms with E-state index in [9.17, 15) is 9.59 Å². The number of urea groups is 1. The molecule has 18 heavy (non-hydrogen) atoms. The van der Waals surface area contributed by atoms with E-state index in [0.717, 1.165) is 17.3 Å². The van der Waals surface area contributed by atoms with E-state index in [2.05, 4.69) is 16.6 Å². The zero-order valence-electron chi connectivity index (χ0n) is 9.85. The van der Waals surface area contributed by atoms with E-state index in [-0.39, 0.29) is 6.42 Å². The quantitative estimate of drug-likeness (QED) is 0.646. The van der Waals surface area contributed by atoms with Crippen LogP contribution < -0.4 is 10.6 Å². The molecule has 1 aliphatic rings. The summed E-state index contributed by atoms with van der Waals surface area (Å²) >= 11 is 3.70. The smallest absolute Gasteiger partial charge is 0.327 e. The van der Waals surface area contributed by atoms with Crippen LogP contribution in [-0.4, -0.2) is 52.2 Å². The summed E-state index contributed by atoms with van der Waals surface area (Å²) in [6.07, 6.45) is 5.03. The second kappa shape index (κ2) is 8.16. The molecule has 0 aromatic heterocycles. The van der Waals surface area contributed by atoms with Crippen LogP contribution in [0.3, 0.4) is 0 Å². The molecular formula is C11H16N2O3S2.